The molecule has 1 unspecified atom stereocenters. The van der Waals surface area contributed by atoms with Crippen LogP contribution in [0.4, 0.5) is 0 Å². The van der Waals surface area contributed by atoms with Crippen molar-refractivity contribution in [1.29, 1.82) is 5.26 Å². The van der Waals surface area contributed by atoms with Crippen LogP contribution in [-0.4, -0.2) is 18.6 Å². The summed E-state index contributed by atoms with van der Waals surface area (Å²) < 4.78 is 4.72. The number of esters is 1. The fourth-order valence-corrected chi connectivity index (χ4v) is 0.928. The Labute approximate surface area is 78.7 Å². The van der Waals surface area contributed by atoms with Gasteiger partial charge in [-0.05, 0) is 27.2 Å². The monoisotopic (exact) mass is 184 g/mol. The van der Waals surface area contributed by atoms with E-state index >= 15 is 0 Å². The van der Waals surface area contributed by atoms with Crippen molar-refractivity contribution >= 4 is 5.97 Å². The predicted octanol–water partition coefficient (Wildman–Crippen LogP) is 0.817. The first kappa shape index (κ1) is 11.9. The first-order valence-electron chi connectivity index (χ1n) is 4.26. The van der Waals surface area contributed by atoms with Gasteiger partial charge in [0.1, 0.15) is 6.04 Å². The number of rotatable bonds is 4. The van der Waals surface area contributed by atoms with E-state index < -0.39 is 17.4 Å². The van der Waals surface area contributed by atoms with Gasteiger partial charge < -0.3 is 10.5 Å². The minimum Gasteiger partial charge on any atom is -0.465 e. The molecule has 74 valence electrons. The van der Waals surface area contributed by atoms with Gasteiger partial charge in [0.25, 0.3) is 0 Å². The van der Waals surface area contributed by atoms with E-state index in [0.717, 1.165) is 0 Å². The van der Waals surface area contributed by atoms with E-state index in [2.05, 4.69) is 6.07 Å². The van der Waals surface area contributed by atoms with Crippen LogP contribution in [0.1, 0.15) is 27.2 Å². The SMILES string of the molecule is CCOC(=O)C(N)CC(C)(C)C#N. The molecule has 13 heavy (non-hydrogen) atoms. The molecule has 4 heteroatoms. The lowest BCUT2D eigenvalue weighted by Crippen LogP contribution is -2.36. The summed E-state index contributed by atoms with van der Waals surface area (Å²) >= 11 is 0. The number of carbonyl (C=O) groups excluding carboxylic acids is 1. The Kier molecular flexibility index (Phi) is 4.43. The van der Waals surface area contributed by atoms with Gasteiger partial charge in [-0.2, -0.15) is 5.26 Å². The standard InChI is InChI=1S/C9H16N2O2/c1-4-13-8(12)7(11)5-9(2,3)6-10/h7H,4-5,11H2,1-3H3. The van der Waals surface area contributed by atoms with E-state index in [1.165, 1.54) is 0 Å². The molecule has 0 aromatic carbocycles. The Morgan fingerprint density at radius 1 is 1.69 bits per heavy atom. The van der Waals surface area contributed by atoms with Crippen molar-refractivity contribution in [3.05, 3.63) is 0 Å². The van der Waals surface area contributed by atoms with E-state index in [-0.39, 0.29) is 0 Å². The third-order valence-electron chi connectivity index (χ3n) is 1.62. The van der Waals surface area contributed by atoms with Gasteiger partial charge in [-0.15, -0.1) is 0 Å². The molecule has 0 saturated carbocycles. The molecule has 0 amide bonds. The van der Waals surface area contributed by atoms with Gasteiger partial charge in [-0.25, -0.2) is 0 Å². The number of hydrogen-bond acceptors (Lipinski definition) is 4. The third kappa shape index (κ3) is 4.48. The number of nitrogens with two attached hydrogens (primary N) is 1. The summed E-state index contributed by atoms with van der Waals surface area (Å²) in [6, 6.07) is 1.38. The molecular formula is C9H16N2O2. The van der Waals surface area contributed by atoms with Crippen LogP contribution in [0.3, 0.4) is 0 Å². The Hall–Kier alpha value is -1.08. The second-order valence-corrected chi connectivity index (χ2v) is 3.56. The zero-order valence-electron chi connectivity index (χ0n) is 8.33. The molecule has 0 radical (unpaired) electrons. The smallest absolute Gasteiger partial charge is 0.322 e. The first-order valence-corrected chi connectivity index (χ1v) is 4.26. The van der Waals surface area contributed by atoms with Crippen LogP contribution in [0.25, 0.3) is 0 Å². The van der Waals surface area contributed by atoms with E-state index in [4.69, 9.17) is 15.7 Å². The molecule has 0 saturated heterocycles. The lowest BCUT2D eigenvalue weighted by atomic mass is 9.88. The highest BCUT2D eigenvalue weighted by molar-refractivity contribution is 5.75. The van der Waals surface area contributed by atoms with Gasteiger partial charge in [-0.1, -0.05) is 0 Å². The molecule has 4 nitrogen and oxygen atoms in total. The molecule has 0 rings (SSSR count). The van der Waals surface area contributed by atoms with Crippen LogP contribution < -0.4 is 5.73 Å². The second kappa shape index (κ2) is 4.83. The first-order chi connectivity index (χ1) is 5.93. The fourth-order valence-electron chi connectivity index (χ4n) is 0.928. The molecule has 0 aromatic rings. The Morgan fingerprint density at radius 3 is 2.62 bits per heavy atom. The average molecular weight is 184 g/mol. The molecule has 0 heterocycles. The Balaban J connectivity index is 4.08. The van der Waals surface area contributed by atoms with Crippen molar-refractivity contribution < 1.29 is 9.53 Å². The maximum Gasteiger partial charge on any atom is 0.322 e. The van der Waals surface area contributed by atoms with Crippen molar-refractivity contribution in [2.75, 3.05) is 6.61 Å². The van der Waals surface area contributed by atoms with E-state index in [1.54, 1.807) is 20.8 Å². The molecular weight excluding hydrogens is 168 g/mol. The molecule has 0 fully saturated rings. The summed E-state index contributed by atoms with van der Waals surface area (Å²) in [4.78, 5) is 11.1. The van der Waals surface area contributed by atoms with Crippen molar-refractivity contribution in [2.45, 2.75) is 33.2 Å². The highest BCUT2D eigenvalue weighted by Gasteiger charge is 2.25. The predicted molar refractivity (Wildman–Crippen MR) is 48.6 cm³/mol. The minimum absolute atomic E-state index is 0.319. The van der Waals surface area contributed by atoms with Gasteiger partial charge in [0.2, 0.25) is 0 Å². The Morgan fingerprint density at radius 2 is 2.23 bits per heavy atom. The summed E-state index contributed by atoms with van der Waals surface area (Å²) in [7, 11) is 0. The molecule has 0 aliphatic heterocycles. The van der Waals surface area contributed by atoms with Crippen LogP contribution >= 0.6 is 0 Å². The zero-order chi connectivity index (χ0) is 10.5. The van der Waals surface area contributed by atoms with Gasteiger partial charge in [0, 0.05) is 0 Å². The van der Waals surface area contributed by atoms with E-state index in [0.29, 0.717) is 13.0 Å². The number of nitrogens with zero attached hydrogens (tertiary/aromatic N) is 1. The van der Waals surface area contributed by atoms with Gasteiger partial charge >= 0.3 is 5.97 Å². The highest BCUT2D eigenvalue weighted by Crippen LogP contribution is 2.20. The van der Waals surface area contributed by atoms with Gasteiger partial charge in [-0.3, -0.25) is 4.79 Å². The van der Waals surface area contributed by atoms with Crippen LogP contribution in [0.15, 0.2) is 0 Å². The largest absolute Gasteiger partial charge is 0.465 e. The molecule has 1 atom stereocenters. The number of nitriles is 1. The fraction of sp³-hybridized carbons (Fsp3) is 0.778. The lowest BCUT2D eigenvalue weighted by Gasteiger charge is -2.18. The van der Waals surface area contributed by atoms with Crippen molar-refractivity contribution in [3.63, 3.8) is 0 Å². The second-order valence-electron chi connectivity index (χ2n) is 3.56. The average Bonchev–Trinajstić information content (AvgIpc) is 2.04. The van der Waals surface area contributed by atoms with Crippen LogP contribution in [0, 0.1) is 16.7 Å². The highest BCUT2D eigenvalue weighted by atomic mass is 16.5. The minimum atomic E-state index is -0.699. The van der Waals surface area contributed by atoms with Crippen molar-refractivity contribution in [1.82, 2.24) is 0 Å². The normalized spacial score (nSPS) is 13.2. The molecule has 0 spiro atoms. The number of hydrogen-bond donors (Lipinski definition) is 1. The van der Waals surface area contributed by atoms with Crippen molar-refractivity contribution in [3.8, 4) is 6.07 Å². The lowest BCUT2D eigenvalue weighted by molar-refractivity contribution is -0.145. The van der Waals surface area contributed by atoms with Gasteiger partial charge in [0.05, 0.1) is 18.1 Å². The van der Waals surface area contributed by atoms with E-state index in [1.807, 2.05) is 0 Å². The van der Waals surface area contributed by atoms with Crippen molar-refractivity contribution in [2.24, 2.45) is 11.1 Å². The molecule has 0 aliphatic carbocycles. The van der Waals surface area contributed by atoms with Crippen LogP contribution in [0.5, 0.6) is 0 Å². The summed E-state index contributed by atoms with van der Waals surface area (Å²) in [6.07, 6.45) is 0.322. The number of ether oxygens (including phenoxy) is 1. The topological polar surface area (TPSA) is 76.1 Å². The van der Waals surface area contributed by atoms with E-state index in [9.17, 15) is 4.79 Å². The maximum absolute atomic E-state index is 11.1. The molecule has 2 N–H and O–H groups in total. The molecule has 0 aliphatic rings. The van der Waals surface area contributed by atoms with Gasteiger partial charge in [0.15, 0.2) is 0 Å². The number of carbonyl (C=O) groups is 1. The molecule has 0 aromatic heterocycles. The van der Waals surface area contributed by atoms with Crippen LogP contribution in [0.2, 0.25) is 0 Å². The maximum atomic E-state index is 11.1. The summed E-state index contributed by atoms with van der Waals surface area (Å²) in [6.45, 7) is 5.53. The third-order valence-corrected chi connectivity index (χ3v) is 1.62. The quantitative estimate of drug-likeness (QED) is 0.656. The van der Waals surface area contributed by atoms with Crippen LogP contribution in [-0.2, 0) is 9.53 Å². The zero-order valence-corrected chi connectivity index (χ0v) is 8.33. The summed E-state index contributed by atoms with van der Waals surface area (Å²) in [5.41, 5.74) is 4.96. The summed E-state index contributed by atoms with van der Waals surface area (Å²) in [5, 5.41) is 8.70. The molecule has 0 bridgehead atoms. The summed E-state index contributed by atoms with van der Waals surface area (Å²) in [5.74, 6) is -0.439. The Bertz CT molecular complexity index is 218.